The molecule has 2 aromatic rings. The lowest BCUT2D eigenvalue weighted by Gasteiger charge is -2.13. The number of hydrogen-bond donors (Lipinski definition) is 1. The van der Waals surface area contributed by atoms with Crippen LogP contribution in [0.15, 0.2) is 35.7 Å². The molecule has 0 aliphatic rings. The molecule has 0 bridgehead atoms. The van der Waals surface area contributed by atoms with Gasteiger partial charge in [0.05, 0.1) is 51.7 Å². The van der Waals surface area contributed by atoms with Crippen LogP contribution in [0.3, 0.4) is 0 Å². The Morgan fingerprint density at radius 2 is 1.49 bits per heavy atom. The highest BCUT2D eigenvalue weighted by Crippen LogP contribution is 2.35. The number of carbonyl (C=O) groups excluding carboxylic acids is 2. The monoisotopic (exact) mass is 509 g/mol. The molecule has 2 aromatic carbocycles. The molecule has 0 spiro atoms. The van der Waals surface area contributed by atoms with Gasteiger partial charge in [-0.1, -0.05) is 0 Å². The maximum Gasteiger partial charge on any atom is 0.322 e. The maximum atomic E-state index is 12.7. The summed E-state index contributed by atoms with van der Waals surface area (Å²) >= 11 is 0. The van der Waals surface area contributed by atoms with Crippen molar-refractivity contribution in [1.82, 2.24) is 0 Å². The standard InChI is InChI=1S/C23H27NO10S/c1-6-33-22(25)14-23(26)34-21-11-15(7-8-18(21)30-3)24-35(27,28)10-9-17-19(31-4)12-16(29-2)13-20(17)32-5/h7-13,24H,6,14H2,1-5H3/b10-9+. The third kappa shape index (κ3) is 7.81. The highest BCUT2D eigenvalue weighted by Gasteiger charge is 2.17. The molecule has 0 saturated heterocycles. The summed E-state index contributed by atoms with van der Waals surface area (Å²) in [6.45, 7) is 1.73. The number of nitrogens with one attached hydrogen (secondary N) is 1. The largest absolute Gasteiger partial charge is 0.496 e. The molecule has 35 heavy (non-hydrogen) atoms. The van der Waals surface area contributed by atoms with Gasteiger partial charge in [0.2, 0.25) is 0 Å². The Morgan fingerprint density at radius 3 is 2.03 bits per heavy atom. The zero-order valence-electron chi connectivity index (χ0n) is 19.9. The molecule has 0 atom stereocenters. The summed E-state index contributed by atoms with van der Waals surface area (Å²) in [5.41, 5.74) is 0.465. The maximum absolute atomic E-state index is 12.7. The smallest absolute Gasteiger partial charge is 0.322 e. The molecule has 0 amide bonds. The van der Waals surface area contributed by atoms with Crippen LogP contribution in [0, 0.1) is 0 Å². The van der Waals surface area contributed by atoms with Crippen molar-refractivity contribution < 1.29 is 46.4 Å². The number of rotatable bonds is 12. The first-order valence-corrected chi connectivity index (χ1v) is 11.8. The van der Waals surface area contributed by atoms with E-state index in [1.807, 2.05) is 0 Å². The van der Waals surface area contributed by atoms with Crippen molar-refractivity contribution in [3.05, 3.63) is 41.3 Å². The first-order valence-electron chi connectivity index (χ1n) is 10.2. The van der Waals surface area contributed by atoms with Crippen molar-refractivity contribution in [3.63, 3.8) is 0 Å². The zero-order chi connectivity index (χ0) is 26.0. The van der Waals surface area contributed by atoms with Crippen molar-refractivity contribution in [1.29, 1.82) is 0 Å². The fourth-order valence-electron chi connectivity index (χ4n) is 2.86. The summed E-state index contributed by atoms with van der Waals surface area (Å²) < 4.78 is 58.6. The number of sulfonamides is 1. The average Bonchev–Trinajstić information content (AvgIpc) is 2.82. The van der Waals surface area contributed by atoms with Crippen molar-refractivity contribution in [2.24, 2.45) is 0 Å². The van der Waals surface area contributed by atoms with E-state index in [0.717, 1.165) is 5.41 Å². The Hall–Kier alpha value is -3.93. The van der Waals surface area contributed by atoms with E-state index in [-0.39, 0.29) is 23.8 Å². The SMILES string of the molecule is CCOC(=O)CC(=O)Oc1cc(NS(=O)(=O)/C=C/c2c(OC)cc(OC)cc2OC)ccc1OC. The third-order valence-corrected chi connectivity index (χ3v) is 5.42. The summed E-state index contributed by atoms with van der Waals surface area (Å²) in [5, 5.41) is 0.927. The van der Waals surface area contributed by atoms with E-state index in [9.17, 15) is 18.0 Å². The number of hydrogen-bond acceptors (Lipinski definition) is 10. The molecule has 0 aromatic heterocycles. The van der Waals surface area contributed by atoms with Crippen molar-refractivity contribution in [2.75, 3.05) is 39.8 Å². The van der Waals surface area contributed by atoms with Crippen molar-refractivity contribution in [3.8, 4) is 28.7 Å². The summed E-state index contributed by atoms with van der Waals surface area (Å²) in [7, 11) is 1.67. The van der Waals surface area contributed by atoms with Gasteiger partial charge < -0.3 is 28.4 Å². The average molecular weight is 510 g/mol. The zero-order valence-corrected chi connectivity index (χ0v) is 20.8. The topological polar surface area (TPSA) is 136 Å². The van der Waals surface area contributed by atoms with Crippen LogP contribution in [0.5, 0.6) is 28.7 Å². The normalized spacial score (nSPS) is 11.0. The second-order valence-corrected chi connectivity index (χ2v) is 8.28. The van der Waals surface area contributed by atoms with Gasteiger partial charge in [-0.15, -0.1) is 0 Å². The molecule has 0 aliphatic carbocycles. The molecule has 0 fully saturated rings. The Bertz CT molecular complexity index is 1170. The van der Waals surface area contributed by atoms with Crippen LogP contribution in [0.4, 0.5) is 5.69 Å². The Labute approximate surface area is 203 Å². The minimum absolute atomic E-state index is 0.0792. The number of methoxy groups -OCH3 is 4. The Balaban J connectivity index is 2.26. The van der Waals surface area contributed by atoms with Gasteiger partial charge in [-0.3, -0.25) is 14.3 Å². The Morgan fingerprint density at radius 1 is 0.857 bits per heavy atom. The van der Waals surface area contributed by atoms with Crippen LogP contribution in [-0.4, -0.2) is 55.4 Å². The molecule has 0 radical (unpaired) electrons. The number of anilines is 1. The minimum Gasteiger partial charge on any atom is -0.496 e. The van der Waals surface area contributed by atoms with Crippen LogP contribution < -0.4 is 28.4 Å². The van der Waals surface area contributed by atoms with Gasteiger partial charge in [-0.2, -0.15) is 0 Å². The second kappa shape index (κ2) is 12.5. The van der Waals surface area contributed by atoms with E-state index in [4.69, 9.17) is 28.4 Å². The number of benzene rings is 2. The third-order valence-electron chi connectivity index (χ3n) is 4.41. The fourth-order valence-corrected chi connectivity index (χ4v) is 3.70. The van der Waals surface area contributed by atoms with Crippen LogP contribution in [0.25, 0.3) is 6.08 Å². The van der Waals surface area contributed by atoms with Gasteiger partial charge in [0.15, 0.2) is 11.5 Å². The fraction of sp³-hybridized carbons (Fsp3) is 0.304. The first-order chi connectivity index (χ1) is 16.7. The molecule has 0 saturated carbocycles. The lowest BCUT2D eigenvalue weighted by molar-refractivity contribution is -0.149. The molecule has 2 rings (SSSR count). The van der Waals surface area contributed by atoms with Crippen LogP contribution in [-0.2, 0) is 24.3 Å². The van der Waals surface area contributed by atoms with Crippen molar-refractivity contribution >= 4 is 33.7 Å². The summed E-state index contributed by atoms with van der Waals surface area (Å²) in [6.07, 6.45) is 0.699. The van der Waals surface area contributed by atoms with Gasteiger partial charge in [-0.25, -0.2) is 8.42 Å². The van der Waals surface area contributed by atoms with Crippen LogP contribution in [0.1, 0.15) is 18.9 Å². The van der Waals surface area contributed by atoms with Gasteiger partial charge in [-0.05, 0) is 25.1 Å². The van der Waals surface area contributed by atoms with Crippen LogP contribution >= 0.6 is 0 Å². The summed E-state index contributed by atoms with van der Waals surface area (Å²) in [6, 6.07) is 7.25. The van der Waals surface area contributed by atoms with Crippen LogP contribution in [0.2, 0.25) is 0 Å². The van der Waals surface area contributed by atoms with Gasteiger partial charge in [0.1, 0.15) is 23.7 Å². The molecule has 11 nitrogen and oxygen atoms in total. The van der Waals surface area contributed by atoms with Crippen molar-refractivity contribution in [2.45, 2.75) is 13.3 Å². The van der Waals surface area contributed by atoms with E-state index in [0.29, 0.717) is 22.8 Å². The summed E-state index contributed by atoms with van der Waals surface area (Å²) in [5.74, 6) is -0.401. The predicted molar refractivity (Wildman–Crippen MR) is 128 cm³/mol. The molecule has 0 heterocycles. The number of carbonyl (C=O) groups is 2. The lowest BCUT2D eigenvalue weighted by Crippen LogP contribution is -2.16. The van der Waals surface area contributed by atoms with E-state index < -0.39 is 28.4 Å². The minimum atomic E-state index is -4.02. The molecule has 190 valence electrons. The quantitative estimate of drug-likeness (QED) is 0.258. The van der Waals surface area contributed by atoms with Gasteiger partial charge in [0, 0.05) is 18.2 Å². The number of esters is 2. The van der Waals surface area contributed by atoms with E-state index in [1.54, 1.807) is 19.1 Å². The van der Waals surface area contributed by atoms with E-state index in [1.165, 1.54) is 52.7 Å². The molecule has 1 N–H and O–H groups in total. The Kier molecular flexibility index (Phi) is 9.76. The summed E-state index contributed by atoms with van der Waals surface area (Å²) in [4.78, 5) is 23.5. The van der Waals surface area contributed by atoms with E-state index in [2.05, 4.69) is 4.72 Å². The predicted octanol–water partition coefficient (Wildman–Crippen LogP) is 2.99. The lowest BCUT2D eigenvalue weighted by atomic mass is 10.1. The number of ether oxygens (including phenoxy) is 6. The highest BCUT2D eigenvalue weighted by molar-refractivity contribution is 7.95. The second-order valence-electron chi connectivity index (χ2n) is 6.72. The first kappa shape index (κ1) is 27.3. The van der Waals surface area contributed by atoms with Gasteiger partial charge in [0.25, 0.3) is 10.0 Å². The van der Waals surface area contributed by atoms with E-state index >= 15 is 0 Å². The molecule has 0 aliphatic heterocycles. The molecule has 12 heteroatoms. The molecular weight excluding hydrogens is 482 g/mol. The highest BCUT2D eigenvalue weighted by atomic mass is 32.2. The molecular formula is C23H27NO10S. The molecule has 0 unspecified atom stereocenters. The van der Waals surface area contributed by atoms with Gasteiger partial charge >= 0.3 is 11.9 Å².